The molecule has 0 aromatic rings. The predicted octanol–water partition coefficient (Wildman–Crippen LogP) is 0.479. The molecule has 0 bridgehead atoms. The molecule has 1 rings (SSSR count). The van der Waals surface area contributed by atoms with Crippen molar-refractivity contribution < 1.29 is 19.0 Å². The predicted molar refractivity (Wildman–Crippen MR) is 41.5 cm³/mol. The molecule has 1 aliphatic heterocycles. The molecule has 0 spiro atoms. The number of rotatable bonds is 2. The Labute approximate surface area is 71.1 Å². The van der Waals surface area contributed by atoms with Crippen LogP contribution in [-0.4, -0.2) is 32.6 Å². The molecule has 0 N–H and O–H groups in total. The van der Waals surface area contributed by atoms with Gasteiger partial charge in [-0.2, -0.15) is 0 Å². The monoisotopic (exact) mass is 172 g/mol. The number of methoxy groups -OCH3 is 1. The number of carbonyl (C=O) groups excluding carboxylic acids is 1. The van der Waals surface area contributed by atoms with Crippen LogP contribution in [0.1, 0.15) is 6.92 Å². The van der Waals surface area contributed by atoms with Crippen molar-refractivity contribution in [2.24, 2.45) is 0 Å². The molecule has 0 saturated carbocycles. The third-order valence-electron chi connectivity index (χ3n) is 1.59. The summed E-state index contributed by atoms with van der Waals surface area (Å²) in [5.74, 6) is -0.328. The van der Waals surface area contributed by atoms with Crippen molar-refractivity contribution in [1.29, 1.82) is 0 Å². The van der Waals surface area contributed by atoms with Crippen molar-refractivity contribution in [3.63, 3.8) is 0 Å². The Hall–Kier alpha value is -0.870. The van der Waals surface area contributed by atoms with E-state index in [1.165, 1.54) is 7.11 Å². The van der Waals surface area contributed by atoms with Crippen molar-refractivity contribution in [3.8, 4) is 0 Å². The van der Waals surface area contributed by atoms with Gasteiger partial charge in [0.1, 0.15) is 12.9 Å². The minimum atomic E-state index is -0.328. The Morgan fingerprint density at radius 2 is 2.42 bits per heavy atom. The maximum absolute atomic E-state index is 10.9. The molecule has 1 heterocycles. The van der Waals surface area contributed by atoms with Gasteiger partial charge in [-0.1, -0.05) is 0 Å². The zero-order valence-electron chi connectivity index (χ0n) is 7.20. The zero-order valence-corrected chi connectivity index (χ0v) is 7.20. The minimum absolute atomic E-state index is 0.107. The number of esters is 1. The summed E-state index contributed by atoms with van der Waals surface area (Å²) in [5.41, 5.74) is 0.549. The zero-order chi connectivity index (χ0) is 8.97. The molecule has 1 unspecified atom stereocenters. The van der Waals surface area contributed by atoms with Crippen LogP contribution in [0.15, 0.2) is 11.6 Å². The fourth-order valence-electron chi connectivity index (χ4n) is 0.952. The summed E-state index contributed by atoms with van der Waals surface area (Å²) in [7, 11) is 1.35. The van der Waals surface area contributed by atoms with Crippen molar-refractivity contribution in [2.45, 2.75) is 13.0 Å². The second-order valence-electron chi connectivity index (χ2n) is 2.54. The normalized spacial score (nSPS) is 24.2. The quantitative estimate of drug-likeness (QED) is 0.449. The summed E-state index contributed by atoms with van der Waals surface area (Å²) in [6.07, 6.45) is 1.60. The summed E-state index contributed by atoms with van der Waals surface area (Å²) in [6, 6.07) is 0. The smallest absolute Gasteiger partial charge is 0.333 e. The van der Waals surface area contributed by atoms with Gasteiger partial charge in [0.25, 0.3) is 0 Å². The molecule has 0 aromatic heterocycles. The van der Waals surface area contributed by atoms with Gasteiger partial charge in [0.2, 0.25) is 0 Å². The molecule has 4 heteroatoms. The molecule has 1 saturated heterocycles. The third kappa shape index (κ3) is 2.32. The van der Waals surface area contributed by atoms with E-state index < -0.39 is 0 Å². The molecular weight excluding hydrogens is 160 g/mol. The van der Waals surface area contributed by atoms with Gasteiger partial charge in [0.05, 0.1) is 13.7 Å². The highest BCUT2D eigenvalue weighted by atomic mass is 16.7. The van der Waals surface area contributed by atoms with E-state index >= 15 is 0 Å². The van der Waals surface area contributed by atoms with Crippen LogP contribution in [0.25, 0.3) is 0 Å². The topological polar surface area (TPSA) is 44.8 Å². The number of ether oxygens (including phenoxy) is 3. The Morgan fingerprint density at radius 1 is 1.67 bits per heavy atom. The molecule has 4 nitrogen and oxygen atoms in total. The van der Waals surface area contributed by atoms with Gasteiger partial charge in [-0.15, -0.1) is 0 Å². The van der Waals surface area contributed by atoms with Gasteiger partial charge < -0.3 is 14.2 Å². The average Bonchev–Trinajstić information content (AvgIpc) is 2.55. The van der Waals surface area contributed by atoms with Crippen LogP contribution in [0, 0.1) is 0 Å². The van der Waals surface area contributed by atoms with Crippen LogP contribution < -0.4 is 0 Å². The minimum Gasteiger partial charge on any atom is -0.466 e. The first-order valence-corrected chi connectivity index (χ1v) is 3.70. The van der Waals surface area contributed by atoms with E-state index in [2.05, 4.69) is 4.74 Å². The molecule has 0 aromatic carbocycles. The van der Waals surface area contributed by atoms with E-state index in [9.17, 15) is 4.79 Å². The Balaban J connectivity index is 2.48. The summed E-state index contributed by atoms with van der Waals surface area (Å²) in [5, 5.41) is 0. The van der Waals surface area contributed by atoms with Crippen LogP contribution in [0.3, 0.4) is 0 Å². The van der Waals surface area contributed by atoms with Gasteiger partial charge in [-0.3, -0.25) is 0 Å². The lowest BCUT2D eigenvalue weighted by Gasteiger charge is -2.02. The van der Waals surface area contributed by atoms with E-state index in [1.54, 1.807) is 13.0 Å². The summed E-state index contributed by atoms with van der Waals surface area (Å²) >= 11 is 0. The highest BCUT2D eigenvalue weighted by Crippen LogP contribution is 2.07. The standard InChI is InChI=1S/C8H12O4/c1-6(8(9)10-2)3-7-4-11-5-12-7/h3,7H,4-5H2,1-2H3. The van der Waals surface area contributed by atoms with Crippen LogP contribution in [0.2, 0.25) is 0 Å². The van der Waals surface area contributed by atoms with Crippen molar-refractivity contribution >= 4 is 5.97 Å². The number of carbonyl (C=O) groups is 1. The molecule has 1 aliphatic rings. The largest absolute Gasteiger partial charge is 0.466 e. The van der Waals surface area contributed by atoms with Crippen LogP contribution in [-0.2, 0) is 19.0 Å². The summed E-state index contributed by atoms with van der Waals surface area (Å²) in [4.78, 5) is 10.9. The number of hydrogen-bond donors (Lipinski definition) is 0. The summed E-state index contributed by atoms with van der Waals surface area (Å²) < 4.78 is 14.6. The van der Waals surface area contributed by atoms with Gasteiger partial charge >= 0.3 is 5.97 Å². The first-order valence-electron chi connectivity index (χ1n) is 3.70. The van der Waals surface area contributed by atoms with E-state index in [4.69, 9.17) is 9.47 Å². The van der Waals surface area contributed by atoms with E-state index in [0.717, 1.165) is 0 Å². The molecule has 12 heavy (non-hydrogen) atoms. The SMILES string of the molecule is COC(=O)C(C)=CC1COCO1. The first-order chi connectivity index (χ1) is 5.74. The van der Waals surface area contributed by atoms with Crippen LogP contribution in [0.4, 0.5) is 0 Å². The highest BCUT2D eigenvalue weighted by Gasteiger charge is 2.15. The lowest BCUT2D eigenvalue weighted by atomic mass is 10.2. The number of hydrogen-bond acceptors (Lipinski definition) is 4. The maximum Gasteiger partial charge on any atom is 0.333 e. The second kappa shape index (κ2) is 4.23. The molecule has 0 amide bonds. The van der Waals surface area contributed by atoms with E-state index in [0.29, 0.717) is 19.0 Å². The Bertz CT molecular complexity index is 191. The lowest BCUT2D eigenvalue weighted by molar-refractivity contribution is -0.136. The van der Waals surface area contributed by atoms with E-state index in [1.807, 2.05) is 0 Å². The highest BCUT2D eigenvalue weighted by molar-refractivity contribution is 5.87. The first kappa shape index (κ1) is 9.22. The fraction of sp³-hybridized carbons (Fsp3) is 0.625. The summed E-state index contributed by atoms with van der Waals surface area (Å²) in [6.45, 7) is 2.50. The molecule has 0 radical (unpaired) electrons. The van der Waals surface area contributed by atoms with Gasteiger partial charge in [-0.25, -0.2) is 4.79 Å². The Morgan fingerprint density at radius 3 is 2.92 bits per heavy atom. The third-order valence-corrected chi connectivity index (χ3v) is 1.59. The molecule has 1 fully saturated rings. The fourth-order valence-corrected chi connectivity index (χ4v) is 0.952. The maximum atomic E-state index is 10.9. The van der Waals surface area contributed by atoms with Crippen LogP contribution >= 0.6 is 0 Å². The lowest BCUT2D eigenvalue weighted by Crippen LogP contribution is -2.10. The molecule has 0 aliphatic carbocycles. The van der Waals surface area contributed by atoms with Crippen molar-refractivity contribution in [3.05, 3.63) is 11.6 Å². The second-order valence-corrected chi connectivity index (χ2v) is 2.54. The van der Waals surface area contributed by atoms with E-state index in [-0.39, 0.29) is 12.1 Å². The van der Waals surface area contributed by atoms with Crippen molar-refractivity contribution in [1.82, 2.24) is 0 Å². The molecule has 1 atom stereocenters. The van der Waals surface area contributed by atoms with Crippen LogP contribution in [0.5, 0.6) is 0 Å². The Kier molecular flexibility index (Phi) is 3.25. The average molecular weight is 172 g/mol. The van der Waals surface area contributed by atoms with Gasteiger partial charge in [0, 0.05) is 5.57 Å². The van der Waals surface area contributed by atoms with Gasteiger partial charge in [-0.05, 0) is 13.0 Å². The molecular formula is C8H12O4. The van der Waals surface area contributed by atoms with Gasteiger partial charge in [0.15, 0.2) is 0 Å². The molecule has 68 valence electrons. The van der Waals surface area contributed by atoms with Crippen molar-refractivity contribution in [2.75, 3.05) is 20.5 Å².